The first-order valence-electron chi connectivity index (χ1n) is 7.59. The number of anilines is 1. The van der Waals surface area contributed by atoms with Crippen molar-refractivity contribution in [2.75, 3.05) is 26.0 Å². The highest BCUT2D eigenvalue weighted by Crippen LogP contribution is 2.13. The number of hydrogen-bond acceptors (Lipinski definition) is 2. The van der Waals surface area contributed by atoms with Crippen LogP contribution < -0.4 is 11.1 Å². The first kappa shape index (κ1) is 17.5. The summed E-state index contributed by atoms with van der Waals surface area (Å²) in [6, 6.07) is 6.72. The van der Waals surface area contributed by atoms with Crippen LogP contribution in [-0.4, -0.2) is 37.5 Å². The average molecular weight is 290 g/mol. The van der Waals surface area contributed by atoms with E-state index in [4.69, 9.17) is 5.73 Å². The molecule has 0 saturated heterocycles. The largest absolute Gasteiger partial charge is 0.370 e. The number of nitrogens with zero attached hydrogens (tertiary/aromatic N) is 2. The maximum Gasteiger partial charge on any atom is 0.193 e. The molecule has 0 bridgehead atoms. The summed E-state index contributed by atoms with van der Waals surface area (Å²) in [5, 5.41) is 3.18. The van der Waals surface area contributed by atoms with Crippen molar-refractivity contribution >= 4 is 11.6 Å². The summed E-state index contributed by atoms with van der Waals surface area (Å²) >= 11 is 0. The number of rotatable bonds is 6. The summed E-state index contributed by atoms with van der Waals surface area (Å²) < 4.78 is 0. The molecule has 0 heterocycles. The zero-order chi connectivity index (χ0) is 16.0. The van der Waals surface area contributed by atoms with Crippen LogP contribution in [0.1, 0.15) is 31.4 Å². The van der Waals surface area contributed by atoms with Crippen molar-refractivity contribution < 1.29 is 0 Å². The van der Waals surface area contributed by atoms with E-state index < -0.39 is 0 Å². The maximum atomic E-state index is 6.01. The van der Waals surface area contributed by atoms with Gasteiger partial charge in [-0.1, -0.05) is 19.9 Å². The number of nitrogens with two attached hydrogens (primary N) is 1. The van der Waals surface area contributed by atoms with Gasteiger partial charge in [0.05, 0.1) is 6.54 Å². The van der Waals surface area contributed by atoms with Crippen molar-refractivity contribution in [3.63, 3.8) is 0 Å². The van der Waals surface area contributed by atoms with Gasteiger partial charge in [-0.25, -0.2) is 0 Å². The van der Waals surface area contributed by atoms with E-state index in [1.165, 1.54) is 11.1 Å². The highest BCUT2D eigenvalue weighted by molar-refractivity contribution is 5.92. The van der Waals surface area contributed by atoms with Crippen molar-refractivity contribution in [1.29, 1.82) is 0 Å². The fourth-order valence-electron chi connectivity index (χ4n) is 2.43. The fourth-order valence-corrected chi connectivity index (χ4v) is 2.43. The summed E-state index contributed by atoms with van der Waals surface area (Å²) in [7, 11) is 4.19. The van der Waals surface area contributed by atoms with Crippen molar-refractivity contribution in [2.45, 2.75) is 40.2 Å². The van der Waals surface area contributed by atoms with Crippen LogP contribution in [0, 0.1) is 19.8 Å². The molecule has 3 N–H and O–H groups in total. The lowest BCUT2D eigenvalue weighted by Gasteiger charge is -2.24. The van der Waals surface area contributed by atoms with Crippen LogP contribution in [-0.2, 0) is 0 Å². The zero-order valence-corrected chi connectivity index (χ0v) is 14.3. The second-order valence-corrected chi connectivity index (χ2v) is 6.47. The SMILES string of the molecule is Cc1cc(C)cc(NC(N)=NCC(CC(C)C)N(C)C)c1. The third-order valence-electron chi connectivity index (χ3n) is 3.44. The Morgan fingerprint density at radius 2 is 1.76 bits per heavy atom. The standard InChI is InChI=1S/C17H30N4/c1-12(2)7-16(21(5)6)11-19-17(18)20-15-9-13(3)8-14(4)10-15/h8-10,12,16H,7,11H2,1-6H3,(H3,18,19,20). The monoisotopic (exact) mass is 290 g/mol. The molecule has 0 aliphatic heterocycles. The summed E-state index contributed by atoms with van der Waals surface area (Å²) in [5.74, 6) is 1.14. The Morgan fingerprint density at radius 1 is 1.19 bits per heavy atom. The molecule has 0 fully saturated rings. The van der Waals surface area contributed by atoms with E-state index in [1.807, 2.05) is 0 Å². The second kappa shape index (κ2) is 8.03. The molecule has 0 spiro atoms. The van der Waals surface area contributed by atoms with Gasteiger partial charge in [-0.05, 0) is 63.5 Å². The maximum absolute atomic E-state index is 6.01. The molecule has 1 aromatic rings. The highest BCUT2D eigenvalue weighted by atomic mass is 15.1. The Balaban J connectivity index is 2.66. The lowest BCUT2D eigenvalue weighted by atomic mass is 10.0. The molecule has 0 saturated carbocycles. The molecule has 0 aliphatic rings. The Hall–Kier alpha value is -1.55. The van der Waals surface area contributed by atoms with E-state index in [2.05, 4.69) is 75.2 Å². The Bertz CT molecular complexity index is 457. The van der Waals surface area contributed by atoms with Gasteiger partial charge >= 0.3 is 0 Å². The molecule has 1 rings (SSSR count). The molecule has 4 heteroatoms. The number of hydrogen-bond donors (Lipinski definition) is 2. The molecular weight excluding hydrogens is 260 g/mol. The van der Waals surface area contributed by atoms with Crippen LogP contribution in [0.25, 0.3) is 0 Å². The molecule has 1 aromatic carbocycles. The predicted molar refractivity (Wildman–Crippen MR) is 93.0 cm³/mol. The summed E-state index contributed by atoms with van der Waals surface area (Å²) in [6.07, 6.45) is 1.12. The first-order chi connectivity index (χ1) is 9.77. The number of likely N-dealkylation sites (N-methyl/N-ethyl adjacent to an activating group) is 1. The second-order valence-electron chi connectivity index (χ2n) is 6.47. The van der Waals surface area contributed by atoms with Gasteiger partial charge in [-0.2, -0.15) is 0 Å². The van der Waals surface area contributed by atoms with Crippen LogP contribution in [0.5, 0.6) is 0 Å². The lowest BCUT2D eigenvalue weighted by Crippen LogP contribution is -2.34. The predicted octanol–water partition coefficient (Wildman–Crippen LogP) is 3.01. The number of guanidine groups is 1. The van der Waals surface area contributed by atoms with E-state index in [-0.39, 0.29) is 0 Å². The third-order valence-corrected chi connectivity index (χ3v) is 3.44. The quantitative estimate of drug-likeness (QED) is 0.625. The number of aliphatic imine (C=N–C) groups is 1. The van der Waals surface area contributed by atoms with E-state index in [0.717, 1.165) is 18.7 Å². The van der Waals surface area contributed by atoms with Crippen LogP contribution >= 0.6 is 0 Å². The topological polar surface area (TPSA) is 53.6 Å². The molecule has 1 atom stereocenters. The fraction of sp³-hybridized carbons (Fsp3) is 0.588. The van der Waals surface area contributed by atoms with Gasteiger partial charge in [0.15, 0.2) is 5.96 Å². The van der Waals surface area contributed by atoms with Gasteiger partial charge in [0.25, 0.3) is 0 Å². The molecule has 118 valence electrons. The Morgan fingerprint density at radius 3 is 2.24 bits per heavy atom. The molecule has 0 radical (unpaired) electrons. The molecule has 0 aromatic heterocycles. The van der Waals surface area contributed by atoms with Gasteiger partial charge in [0.1, 0.15) is 0 Å². The number of nitrogens with one attached hydrogen (secondary N) is 1. The van der Waals surface area contributed by atoms with Crippen LogP contribution in [0.3, 0.4) is 0 Å². The minimum absolute atomic E-state index is 0.421. The summed E-state index contributed by atoms with van der Waals surface area (Å²) in [4.78, 5) is 6.71. The van der Waals surface area contributed by atoms with Crippen molar-refractivity contribution in [3.8, 4) is 0 Å². The number of aryl methyl sites for hydroxylation is 2. The van der Waals surface area contributed by atoms with Gasteiger partial charge in [-0.15, -0.1) is 0 Å². The first-order valence-corrected chi connectivity index (χ1v) is 7.59. The smallest absolute Gasteiger partial charge is 0.193 e. The number of benzene rings is 1. The van der Waals surface area contributed by atoms with Crippen LogP contribution in [0.4, 0.5) is 5.69 Å². The molecule has 0 amide bonds. The van der Waals surface area contributed by atoms with Gasteiger partial charge in [0, 0.05) is 11.7 Å². The Kier molecular flexibility index (Phi) is 6.69. The van der Waals surface area contributed by atoms with Gasteiger partial charge in [-0.3, -0.25) is 4.99 Å². The minimum atomic E-state index is 0.421. The third kappa shape index (κ3) is 6.63. The Labute approximate surface area is 129 Å². The van der Waals surface area contributed by atoms with Crippen molar-refractivity contribution in [1.82, 2.24) is 4.90 Å². The van der Waals surface area contributed by atoms with E-state index >= 15 is 0 Å². The van der Waals surface area contributed by atoms with Crippen molar-refractivity contribution in [2.24, 2.45) is 16.6 Å². The van der Waals surface area contributed by atoms with Crippen LogP contribution in [0.15, 0.2) is 23.2 Å². The zero-order valence-electron chi connectivity index (χ0n) is 14.3. The summed E-state index contributed by atoms with van der Waals surface area (Å²) in [5.41, 5.74) is 9.44. The molecule has 1 unspecified atom stereocenters. The minimum Gasteiger partial charge on any atom is -0.370 e. The molecule has 4 nitrogen and oxygen atoms in total. The molecular formula is C17H30N4. The lowest BCUT2D eigenvalue weighted by molar-refractivity contribution is 0.261. The van der Waals surface area contributed by atoms with Gasteiger partial charge < -0.3 is 16.0 Å². The van der Waals surface area contributed by atoms with Crippen LogP contribution in [0.2, 0.25) is 0 Å². The molecule has 21 heavy (non-hydrogen) atoms. The normalized spacial score (nSPS) is 13.8. The average Bonchev–Trinajstić information content (AvgIpc) is 2.32. The summed E-state index contributed by atoms with van der Waals surface area (Å²) in [6.45, 7) is 9.34. The molecule has 0 aliphatic carbocycles. The van der Waals surface area contributed by atoms with Crippen molar-refractivity contribution in [3.05, 3.63) is 29.3 Å². The highest BCUT2D eigenvalue weighted by Gasteiger charge is 2.12. The van der Waals surface area contributed by atoms with Gasteiger partial charge in [0.2, 0.25) is 0 Å². The van der Waals surface area contributed by atoms with E-state index in [0.29, 0.717) is 17.9 Å². The van der Waals surface area contributed by atoms with E-state index in [1.54, 1.807) is 0 Å². The van der Waals surface area contributed by atoms with E-state index in [9.17, 15) is 0 Å².